The van der Waals surface area contributed by atoms with Crippen molar-refractivity contribution in [2.24, 2.45) is 5.73 Å². The van der Waals surface area contributed by atoms with Gasteiger partial charge in [0.15, 0.2) is 5.65 Å². The van der Waals surface area contributed by atoms with Gasteiger partial charge in [-0.3, -0.25) is 18.7 Å². The number of hydrogen-bond acceptors (Lipinski definition) is 6. The Bertz CT molecular complexity index is 1190. The van der Waals surface area contributed by atoms with E-state index in [-0.39, 0.29) is 35.0 Å². The highest BCUT2D eigenvalue weighted by molar-refractivity contribution is 6.00. The van der Waals surface area contributed by atoms with Gasteiger partial charge in [0.1, 0.15) is 5.82 Å². The number of benzene rings is 1. The maximum atomic E-state index is 13.0. The highest BCUT2D eigenvalue weighted by Gasteiger charge is 2.29. The molecule has 1 fully saturated rings. The minimum atomic E-state index is -0.782. The van der Waals surface area contributed by atoms with Crippen molar-refractivity contribution in [1.29, 1.82) is 0 Å². The molecule has 9 heteroatoms. The molecule has 1 saturated carbocycles. The van der Waals surface area contributed by atoms with Gasteiger partial charge in [0, 0.05) is 11.7 Å². The zero-order valence-corrected chi connectivity index (χ0v) is 14.4. The van der Waals surface area contributed by atoms with Gasteiger partial charge >= 0.3 is 5.69 Å². The predicted octanol–water partition coefficient (Wildman–Crippen LogP) is 0.205. The predicted molar refractivity (Wildman–Crippen MR) is 101 cm³/mol. The van der Waals surface area contributed by atoms with Gasteiger partial charge in [-0.15, -0.1) is 0 Å². The summed E-state index contributed by atoms with van der Waals surface area (Å²) in [5.74, 6) is -0.880. The lowest BCUT2D eigenvalue weighted by atomic mass is 10.2. The number of nitrogen functional groups attached to an aromatic ring is 2. The van der Waals surface area contributed by atoms with Crippen molar-refractivity contribution in [3.05, 3.63) is 62.3 Å². The quantitative estimate of drug-likeness (QED) is 0.561. The van der Waals surface area contributed by atoms with E-state index < -0.39 is 17.2 Å². The first kappa shape index (κ1) is 16.8. The number of aromatic nitrogens is 3. The number of nitrogens with two attached hydrogens (primary N) is 3. The van der Waals surface area contributed by atoms with E-state index in [9.17, 15) is 14.4 Å². The minimum Gasteiger partial charge on any atom is -0.399 e. The molecule has 1 aliphatic carbocycles. The van der Waals surface area contributed by atoms with Crippen LogP contribution in [0.15, 0.2) is 39.9 Å². The summed E-state index contributed by atoms with van der Waals surface area (Å²) in [5, 5.41) is 0.139. The molecule has 27 heavy (non-hydrogen) atoms. The third kappa shape index (κ3) is 2.82. The van der Waals surface area contributed by atoms with Crippen molar-refractivity contribution >= 4 is 28.4 Å². The number of carbonyl (C=O) groups excluding carboxylic acids is 1. The SMILES string of the molecule is NC(=O)c1cc2c(=O)n(Cc3ccc(N)cc3)c(=O)n(C3CC3)c2nc1N. The van der Waals surface area contributed by atoms with E-state index in [2.05, 4.69) is 4.98 Å². The molecule has 0 saturated heterocycles. The fourth-order valence-corrected chi connectivity index (χ4v) is 3.12. The average molecular weight is 366 g/mol. The summed E-state index contributed by atoms with van der Waals surface area (Å²) in [4.78, 5) is 41.8. The molecule has 138 valence electrons. The van der Waals surface area contributed by atoms with Gasteiger partial charge in [0.2, 0.25) is 0 Å². The first-order valence-corrected chi connectivity index (χ1v) is 8.46. The molecule has 1 aliphatic rings. The number of nitrogens with zero attached hydrogens (tertiary/aromatic N) is 3. The number of primary amides is 1. The van der Waals surface area contributed by atoms with Crippen molar-refractivity contribution in [2.75, 3.05) is 11.5 Å². The van der Waals surface area contributed by atoms with Crippen LogP contribution in [0.2, 0.25) is 0 Å². The number of anilines is 2. The maximum absolute atomic E-state index is 13.0. The summed E-state index contributed by atoms with van der Waals surface area (Å²) in [6.45, 7) is 0.0802. The van der Waals surface area contributed by atoms with Crippen molar-refractivity contribution in [3.63, 3.8) is 0 Å². The third-order valence-corrected chi connectivity index (χ3v) is 4.67. The largest absolute Gasteiger partial charge is 0.399 e. The fourth-order valence-electron chi connectivity index (χ4n) is 3.12. The van der Waals surface area contributed by atoms with Crippen LogP contribution in [0, 0.1) is 0 Å². The van der Waals surface area contributed by atoms with Gasteiger partial charge in [0.25, 0.3) is 11.5 Å². The minimum absolute atomic E-state index is 0.0374. The molecular formula is C18H18N6O3. The second-order valence-electron chi connectivity index (χ2n) is 6.67. The highest BCUT2D eigenvalue weighted by atomic mass is 16.2. The van der Waals surface area contributed by atoms with Crippen molar-refractivity contribution in [2.45, 2.75) is 25.4 Å². The van der Waals surface area contributed by atoms with Gasteiger partial charge in [-0.1, -0.05) is 12.1 Å². The standard InChI is InChI=1S/C18H18N6O3/c19-10-3-1-9(2-4-10)8-23-17(26)13-7-12(15(21)25)14(20)22-16(13)24(18(23)27)11-5-6-11/h1-4,7,11H,5-6,8,19H2,(H2,20,22)(H2,21,25). The van der Waals surface area contributed by atoms with Crippen LogP contribution < -0.4 is 28.5 Å². The molecule has 4 rings (SSSR count). The van der Waals surface area contributed by atoms with E-state index in [4.69, 9.17) is 17.2 Å². The van der Waals surface area contributed by atoms with Crippen LogP contribution in [0.4, 0.5) is 11.5 Å². The molecule has 0 aliphatic heterocycles. The van der Waals surface area contributed by atoms with E-state index in [1.165, 1.54) is 10.6 Å². The number of hydrogen-bond donors (Lipinski definition) is 3. The molecule has 1 aromatic carbocycles. The molecule has 0 atom stereocenters. The topological polar surface area (TPSA) is 152 Å². The summed E-state index contributed by atoms with van der Waals surface area (Å²) < 4.78 is 2.62. The number of rotatable bonds is 4. The van der Waals surface area contributed by atoms with Gasteiger partial charge in [-0.05, 0) is 36.6 Å². The van der Waals surface area contributed by atoms with E-state index in [0.29, 0.717) is 5.69 Å². The van der Waals surface area contributed by atoms with Gasteiger partial charge < -0.3 is 17.2 Å². The summed E-state index contributed by atoms with van der Waals surface area (Å²) in [6.07, 6.45) is 1.63. The molecular weight excluding hydrogens is 348 g/mol. The van der Waals surface area contributed by atoms with Crippen LogP contribution >= 0.6 is 0 Å². The number of pyridine rings is 1. The highest BCUT2D eigenvalue weighted by Crippen LogP contribution is 2.35. The Balaban J connectivity index is 2.00. The molecule has 0 radical (unpaired) electrons. The molecule has 2 heterocycles. The Morgan fingerprint density at radius 2 is 1.81 bits per heavy atom. The van der Waals surface area contributed by atoms with E-state index in [1.54, 1.807) is 24.3 Å². The van der Waals surface area contributed by atoms with Crippen LogP contribution in [-0.2, 0) is 6.54 Å². The van der Waals surface area contributed by atoms with Crippen LogP contribution in [0.1, 0.15) is 34.8 Å². The molecule has 0 bridgehead atoms. The Kier molecular flexibility index (Phi) is 3.72. The molecule has 6 N–H and O–H groups in total. The van der Waals surface area contributed by atoms with Crippen LogP contribution in [0.5, 0.6) is 0 Å². The van der Waals surface area contributed by atoms with Crippen LogP contribution in [0.3, 0.4) is 0 Å². The molecule has 9 nitrogen and oxygen atoms in total. The van der Waals surface area contributed by atoms with E-state index in [0.717, 1.165) is 23.0 Å². The summed E-state index contributed by atoms with van der Waals surface area (Å²) in [5.41, 5.74) is 17.3. The zero-order valence-electron chi connectivity index (χ0n) is 14.4. The molecule has 0 unspecified atom stereocenters. The Hall–Kier alpha value is -3.62. The van der Waals surface area contributed by atoms with Gasteiger partial charge in [0.05, 0.1) is 17.5 Å². The summed E-state index contributed by atoms with van der Waals surface area (Å²) in [7, 11) is 0. The molecule has 1 amide bonds. The summed E-state index contributed by atoms with van der Waals surface area (Å²) in [6, 6.07) is 8.19. The van der Waals surface area contributed by atoms with Crippen LogP contribution in [-0.4, -0.2) is 20.0 Å². The lowest BCUT2D eigenvalue weighted by molar-refractivity contribution is 0.100. The smallest absolute Gasteiger partial charge is 0.333 e. The zero-order chi connectivity index (χ0) is 19.3. The van der Waals surface area contributed by atoms with E-state index in [1.807, 2.05) is 0 Å². The molecule has 2 aromatic heterocycles. The Morgan fingerprint density at radius 3 is 2.41 bits per heavy atom. The van der Waals surface area contributed by atoms with E-state index >= 15 is 0 Å². The second kappa shape index (κ2) is 5.97. The number of amides is 1. The number of carbonyl (C=O) groups is 1. The van der Waals surface area contributed by atoms with Gasteiger partial charge in [-0.2, -0.15) is 0 Å². The molecule has 3 aromatic rings. The first-order valence-electron chi connectivity index (χ1n) is 8.46. The Labute approximate surface area is 153 Å². The van der Waals surface area contributed by atoms with Crippen LogP contribution in [0.25, 0.3) is 11.0 Å². The van der Waals surface area contributed by atoms with Gasteiger partial charge in [-0.25, -0.2) is 9.78 Å². The lowest BCUT2D eigenvalue weighted by Crippen LogP contribution is -2.40. The normalized spacial score (nSPS) is 13.8. The third-order valence-electron chi connectivity index (χ3n) is 4.67. The van der Waals surface area contributed by atoms with Crippen molar-refractivity contribution < 1.29 is 4.79 Å². The first-order chi connectivity index (χ1) is 12.9. The lowest BCUT2D eigenvalue weighted by Gasteiger charge is -2.14. The average Bonchev–Trinajstić information content (AvgIpc) is 3.44. The molecule has 0 spiro atoms. The second-order valence-corrected chi connectivity index (χ2v) is 6.67. The summed E-state index contributed by atoms with van der Waals surface area (Å²) >= 11 is 0. The number of fused-ring (bicyclic) bond motifs is 1. The Morgan fingerprint density at radius 1 is 1.15 bits per heavy atom. The van der Waals surface area contributed by atoms with Crippen molar-refractivity contribution in [3.8, 4) is 0 Å². The monoisotopic (exact) mass is 366 g/mol. The maximum Gasteiger partial charge on any atom is 0.333 e. The fraction of sp³-hybridized carbons (Fsp3) is 0.222. The van der Waals surface area contributed by atoms with Crippen molar-refractivity contribution in [1.82, 2.24) is 14.1 Å².